The van der Waals surface area contributed by atoms with Crippen molar-refractivity contribution in [2.75, 3.05) is 13.2 Å². The Morgan fingerprint density at radius 3 is 1.80 bits per heavy atom. The first-order chi connectivity index (χ1) is 22.1. The smallest absolute Gasteiger partial charge is 0.305 e. The van der Waals surface area contributed by atoms with Crippen molar-refractivity contribution in [2.24, 2.45) is 17.8 Å². The van der Waals surface area contributed by atoms with Crippen LogP contribution in [0.25, 0.3) is 0 Å². The predicted octanol–water partition coefficient (Wildman–Crippen LogP) is 7.78. The van der Waals surface area contributed by atoms with Gasteiger partial charge in [-0.3, -0.25) is 14.4 Å². The molecule has 46 heavy (non-hydrogen) atoms. The number of aliphatic hydroxyl groups is 3. The van der Waals surface area contributed by atoms with Gasteiger partial charge in [0.2, 0.25) is 0 Å². The summed E-state index contributed by atoms with van der Waals surface area (Å²) >= 11 is 0. The molecule has 1 aliphatic rings. The van der Waals surface area contributed by atoms with Gasteiger partial charge in [0.15, 0.2) is 0 Å². The molecule has 0 saturated heterocycles. The van der Waals surface area contributed by atoms with E-state index in [1.807, 2.05) is 0 Å². The van der Waals surface area contributed by atoms with E-state index in [-0.39, 0.29) is 55.6 Å². The number of ether oxygens (including phenoxy) is 2. The summed E-state index contributed by atoms with van der Waals surface area (Å²) in [5.41, 5.74) is 0. The summed E-state index contributed by atoms with van der Waals surface area (Å²) in [6.07, 6.45) is 21.8. The zero-order valence-electron chi connectivity index (χ0n) is 29.5. The van der Waals surface area contributed by atoms with E-state index in [1.165, 1.54) is 44.9 Å². The van der Waals surface area contributed by atoms with Gasteiger partial charge >= 0.3 is 11.9 Å². The van der Waals surface area contributed by atoms with Gasteiger partial charge in [0.05, 0.1) is 12.2 Å². The van der Waals surface area contributed by atoms with Gasteiger partial charge in [-0.05, 0) is 37.5 Å². The summed E-state index contributed by atoms with van der Waals surface area (Å²) in [5.74, 6) is -0.349. The minimum atomic E-state index is -1.03. The molecule has 0 spiro atoms. The van der Waals surface area contributed by atoms with Gasteiger partial charge in [0.25, 0.3) is 0 Å². The molecule has 1 fully saturated rings. The molecular formula is C38H68O8. The normalized spacial score (nSPS) is 19.6. The first kappa shape index (κ1) is 42.3. The van der Waals surface area contributed by atoms with Crippen molar-refractivity contribution in [2.45, 2.75) is 180 Å². The van der Waals surface area contributed by atoms with Crippen LogP contribution in [0.2, 0.25) is 0 Å². The van der Waals surface area contributed by atoms with Crippen LogP contribution in [-0.2, 0) is 23.9 Å². The molecule has 1 saturated carbocycles. The van der Waals surface area contributed by atoms with Gasteiger partial charge in [0.1, 0.15) is 25.1 Å². The number of hydrogen-bond acceptors (Lipinski definition) is 8. The maximum Gasteiger partial charge on any atom is 0.305 e. The minimum absolute atomic E-state index is 0.0355. The third-order valence-electron chi connectivity index (χ3n) is 9.09. The lowest BCUT2D eigenvalue weighted by molar-refractivity contribution is -0.152. The first-order valence-electron chi connectivity index (χ1n) is 18.7. The van der Waals surface area contributed by atoms with Crippen molar-refractivity contribution >= 4 is 17.7 Å². The quantitative estimate of drug-likeness (QED) is 0.0424. The van der Waals surface area contributed by atoms with Crippen LogP contribution < -0.4 is 0 Å². The molecule has 8 heteroatoms. The van der Waals surface area contributed by atoms with Crippen LogP contribution in [0.4, 0.5) is 0 Å². The number of esters is 2. The molecular weight excluding hydrogens is 584 g/mol. The highest BCUT2D eigenvalue weighted by molar-refractivity contribution is 5.86. The molecule has 0 heterocycles. The van der Waals surface area contributed by atoms with Gasteiger partial charge in [-0.25, -0.2) is 0 Å². The molecule has 0 amide bonds. The second-order valence-corrected chi connectivity index (χ2v) is 14.0. The zero-order valence-corrected chi connectivity index (χ0v) is 29.5. The van der Waals surface area contributed by atoms with E-state index in [0.717, 1.165) is 70.1 Å². The standard InChI is InChI=1S/C38H68O8/c1-4-5-15-21-31(39)25-26-34-33(35(41)27-36(34)42)22-17-13-14-19-24-38(44)46-29-32(40)28-45-37(43)23-18-12-10-8-6-7-9-11-16-20-30(2)3/h25-26,30-35,39-41H,4-24,27-29H2,1-3H3/b26-25+/t31-,32+,33+,34+,35-/m0/s1. The Labute approximate surface area is 280 Å². The monoisotopic (exact) mass is 652 g/mol. The van der Waals surface area contributed by atoms with E-state index >= 15 is 0 Å². The van der Waals surface area contributed by atoms with Crippen molar-refractivity contribution in [3.8, 4) is 0 Å². The Bertz CT molecular complexity index is 826. The van der Waals surface area contributed by atoms with Crippen LogP contribution in [-0.4, -0.2) is 64.6 Å². The van der Waals surface area contributed by atoms with Crippen LogP contribution >= 0.6 is 0 Å². The molecule has 1 rings (SSSR count). The Kier molecular flexibility index (Phi) is 25.0. The summed E-state index contributed by atoms with van der Waals surface area (Å²) in [4.78, 5) is 36.4. The Morgan fingerprint density at radius 1 is 0.761 bits per heavy atom. The number of aliphatic hydroxyl groups excluding tert-OH is 3. The van der Waals surface area contributed by atoms with E-state index in [2.05, 4.69) is 20.8 Å². The molecule has 0 aromatic carbocycles. The number of carbonyl (C=O) groups excluding carboxylic acids is 3. The molecule has 268 valence electrons. The molecule has 0 aromatic heterocycles. The van der Waals surface area contributed by atoms with Gasteiger partial charge in [0, 0.05) is 25.2 Å². The fraction of sp³-hybridized carbons (Fsp3) is 0.868. The average Bonchev–Trinajstić information content (AvgIpc) is 3.29. The maximum atomic E-state index is 12.4. The molecule has 0 unspecified atom stereocenters. The molecule has 0 bridgehead atoms. The topological polar surface area (TPSA) is 130 Å². The van der Waals surface area contributed by atoms with Crippen LogP contribution in [0, 0.1) is 17.8 Å². The number of Topliss-reactive ketones (excluding diaryl/α,β-unsaturated/α-hetero) is 1. The predicted molar refractivity (Wildman–Crippen MR) is 183 cm³/mol. The highest BCUT2D eigenvalue weighted by Gasteiger charge is 2.39. The SMILES string of the molecule is CCCCC[C@H](O)/C=C/[C@H]1C(=O)C[C@H](O)[C@@H]1CCCCCCC(=O)OC[C@H](O)COC(=O)CCCCCCCCCCCC(C)C. The molecule has 1 aliphatic carbocycles. The Hall–Kier alpha value is -1.77. The van der Waals surface area contributed by atoms with Crippen molar-refractivity contribution in [1.82, 2.24) is 0 Å². The molecule has 5 atom stereocenters. The highest BCUT2D eigenvalue weighted by atomic mass is 16.6. The van der Waals surface area contributed by atoms with Crippen molar-refractivity contribution in [1.29, 1.82) is 0 Å². The van der Waals surface area contributed by atoms with Gasteiger partial charge in [-0.1, -0.05) is 129 Å². The summed E-state index contributed by atoms with van der Waals surface area (Å²) in [5, 5.41) is 30.6. The summed E-state index contributed by atoms with van der Waals surface area (Å²) in [6, 6.07) is 0. The molecule has 0 aromatic rings. The van der Waals surface area contributed by atoms with E-state index in [4.69, 9.17) is 9.47 Å². The number of ketones is 1. The van der Waals surface area contributed by atoms with Crippen molar-refractivity contribution in [3.63, 3.8) is 0 Å². The van der Waals surface area contributed by atoms with Crippen molar-refractivity contribution < 1.29 is 39.2 Å². The molecule has 0 radical (unpaired) electrons. The largest absolute Gasteiger partial charge is 0.463 e. The number of rotatable bonds is 29. The molecule has 3 N–H and O–H groups in total. The summed E-state index contributed by atoms with van der Waals surface area (Å²) in [7, 11) is 0. The van der Waals surface area contributed by atoms with Crippen LogP contribution in [0.1, 0.15) is 162 Å². The average molecular weight is 653 g/mol. The minimum Gasteiger partial charge on any atom is -0.463 e. The van der Waals surface area contributed by atoms with E-state index in [0.29, 0.717) is 19.3 Å². The second kappa shape index (κ2) is 27.2. The fourth-order valence-electron chi connectivity index (χ4n) is 6.17. The summed E-state index contributed by atoms with van der Waals surface area (Å²) < 4.78 is 10.3. The lowest BCUT2D eigenvalue weighted by Crippen LogP contribution is -2.25. The first-order valence-corrected chi connectivity index (χ1v) is 18.7. The van der Waals surface area contributed by atoms with Crippen LogP contribution in [0.15, 0.2) is 12.2 Å². The zero-order chi connectivity index (χ0) is 34.0. The number of unbranched alkanes of at least 4 members (excludes halogenated alkanes) is 13. The highest BCUT2D eigenvalue weighted by Crippen LogP contribution is 2.34. The fourth-order valence-corrected chi connectivity index (χ4v) is 6.17. The van der Waals surface area contributed by atoms with Gasteiger partial charge in [-0.15, -0.1) is 0 Å². The Morgan fingerprint density at radius 2 is 1.26 bits per heavy atom. The van der Waals surface area contributed by atoms with Gasteiger partial charge < -0.3 is 24.8 Å². The van der Waals surface area contributed by atoms with Gasteiger partial charge in [-0.2, -0.15) is 0 Å². The van der Waals surface area contributed by atoms with E-state index in [9.17, 15) is 29.7 Å². The summed E-state index contributed by atoms with van der Waals surface area (Å²) in [6.45, 7) is 6.30. The Balaban J connectivity index is 2.05. The molecule has 8 nitrogen and oxygen atoms in total. The second-order valence-electron chi connectivity index (χ2n) is 14.0. The van der Waals surface area contributed by atoms with E-state index < -0.39 is 18.3 Å². The van der Waals surface area contributed by atoms with Crippen LogP contribution in [0.3, 0.4) is 0 Å². The number of carbonyl (C=O) groups is 3. The number of allylic oxidation sites excluding steroid dienone is 1. The molecule has 0 aliphatic heterocycles. The maximum absolute atomic E-state index is 12.4. The number of hydrogen-bond donors (Lipinski definition) is 3. The lowest BCUT2D eigenvalue weighted by atomic mass is 9.88. The third kappa shape index (κ3) is 21.9. The third-order valence-corrected chi connectivity index (χ3v) is 9.09. The van der Waals surface area contributed by atoms with E-state index in [1.54, 1.807) is 12.2 Å². The lowest BCUT2D eigenvalue weighted by Gasteiger charge is -2.19. The van der Waals surface area contributed by atoms with Crippen molar-refractivity contribution in [3.05, 3.63) is 12.2 Å². The van der Waals surface area contributed by atoms with Crippen LogP contribution in [0.5, 0.6) is 0 Å².